The van der Waals surface area contributed by atoms with E-state index in [1.807, 2.05) is 79.7 Å². The minimum atomic E-state index is -0.713. The minimum Gasteiger partial charge on any atom is -0.493 e. The first-order valence-corrected chi connectivity index (χ1v) is 14.4. The first kappa shape index (κ1) is 27.6. The van der Waals surface area contributed by atoms with Crippen LogP contribution in [0.3, 0.4) is 0 Å². The van der Waals surface area contributed by atoms with Crippen molar-refractivity contribution in [3.05, 3.63) is 119 Å². The summed E-state index contributed by atoms with van der Waals surface area (Å²) in [6.45, 7) is 4.35. The van der Waals surface area contributed by atoms with Gasteiger partial charge in [0.05, 0.1) is 46.6 Å². The van der Waals surface area contributed by atoms with E-state index < -0.39 is 12.0 Å². The largest absolute Gasteiger partial charge is 0.493 e. The molecule has 40 heavy (non-hydrogen) atoms. The minimum absolute atomic E-state index is 0.199. The SMILES string of the molecule is CCOC(=O)C1=C(c2ccccc2)N=c2s/c(=C\c3cc(Br)c(OCC)c(OC)c3)c(=O)n2[C@@H]1c1ccccc1. The fourth-order valence-corrected chi connectivity index (χ4v) is 6.23. The Balaban J connectivity index is 1.78. The summed E-state index contributed by atoms with van der Waals surface area (Å²) in [5, 5.41) is 0. The van der Waals surface area contributed by atoms with Gasteiger partial charge in [-0.2, -0.15) is 0 Å². The van der Waals surface area contributed by atoms with Crippen molar-refractivity contribution in [2.45, 2.75) is 19.9 Å². The normalized spacial score (nSPS) is 14.9. The van der Waals surface area contributed by atoms with E-state index in [2.05, 4.69) is 15.9 Å². The summed E-state index contributed by atoms with van der Waals surface area (Å²) in [6.07, 6.45) is 1.80. The van der Waals surface area contributed by atoms with Gasteiger partial charge in [-0.1, -0.05) is 72.0 Å². The summed E-state index contributed by atoms with van der Waals surface area (Å²) in [7, 11) is 1.57. The van der Waals surface area contributed by atoms with Gasteiger partial charge in [0.25, 0.3) is 5.56 Å². The zero-order chi connectivity index (χ0) is 28.2. The number of nitrogens with zero attached hydrogens (tertiary/aromatic N) is 2. The van der Waals surface area contributed by atoms with Crippen molar-refractivity contribution in [3.63, 3.8) is 0 Å². The molecule has 9 heteroatoms. The molecule has 0 radical (unpaired) electrons. The van der Waals surface area contributed by atoms with E-state index in [1.165, 1.54) is 11.3 Å². The molecule has 1 atom stereocenters. The summed E-state index contributed by atoms with van der Waals surface area (Å²) in [5.41, 5.74) is 2.86. The predicted octanol–water partition coefficient (Wildman–Crippen LogP) is 5.11. The number of thiazole rings is 1. The van der Waals surface area contributed by atoms with Crippen LogP contribution in [0, 0.1) is 0 Å². The molecule has 0 bridgehead atoms. The van der Waals surface area contributed by atoms with Crippen molar-refractivity contribution in [1.29, 1.82) is 0 Å². The fraction of sp³-hybridized carbons (Fsp3) is 0.194. The molecule has 0 unspecified atom stereocenters. The number of halogens is 1. The third-order valence-corrected chi connectivity index (χ3v) is 7.90. The Morgan fingerprint density at radius 1 is 1.05 bits per heavy atom. The molecule has 0 N–H and O–H groups in total. The molecule has 1 aromatic heterocycles. The number of aromatic nitrogens is 1. The average Bonchev–Trinajstić information content (AvgIpc) is 3.28. The number of ether oxygens (including phenoxy) is 3. The van der Waals surface area contributed by atoms with Crippen LogP contribution in [0.15, 0.2) is 92.6 Å². The lowest BCUT2D eigenvalue weighted by molar-refractivity contribution is -0.138. The summed E-state index contributed by atoms with van der Waals surface area (Å²) in [4.78, 5) is 32.9. The van der Waals surface area contributed by atoms with Gasteiger partial charge in [-0.25, -0.2) is 9.79 Å². The molecule has 5 rings (SSSR count). The van der Waals surface area contributed by atoms with E-state index in [0.29, 0.717) is 43.2 Å². The van der Waals surface area contributed by atoms with Crippen LogP contribution in [0.5, 0.6) is 11.5 Å². The molecule has 204 valence electrons. The summed E-state index contributed by atoms with van der Waals surface area (Å²) in [5.74, 6) is 0.640. The highest BCUT2D eigenvalue weighted by Gasteiger charge is 2.35. The van der Waals surface area contributed by atoms with Crippen molar-refractivity contribution < 1.29 is 19.0 Å². The Hall–Kier alpha value is -3.95. The van der Waals surface area contributed by atoms with Gasteiger partial charge >= 0.3 is 5.97 Å². The Morgan fingerprint density at radius 3 is 2.40 bits per heavy atom. The molecule has 0 amide bonds. The number of hydrogen-bond donors (Lipinski definition) is 0. The van der Waals surface area contributed by atoms with Crippen LogP contribution in [-0.2, 0) is 9.53 Å². The Bertz CT molecular complexity index is 1760. The predicted molar refractivity (Wildman–Crippen MR) is 159 cm³/mol. The van der Waals surface area contributed by atoms with E-state index in [1.54, 1.807) is 24.7 Å². The summed E-state index contributed by atoms with van der Waals surface area (Å²) >= 11 is 4.83. The number of rotatable bonds is 8. The maximum atomic E-state index is 14.0. The van der Waals surface area contributed by atoms with Gasteiger partial charge in [0.15, 0.2) is 16.3 Å². The Kier molecular flexibility index (Phi) is 8.32. The van der Waals surface area contributed by atoms with Crippen molar-refractivity contribution >= 4 is 45.0 Å². The van der Waals surface area contributed by atoms with Crippen LogP contribution in [0.2, 0.25) is 0 Å². The number of benzene rings is 3. The van der Waals surface area contributed by atoms with Gasteiger partial charge < -0.3 is 14.2 Å². The van der Waals surface area contributed by atoms with Gasteiger partial charge in [-0.3, -0.25) is 9.36 Å². The van der Waals surface area contributed by atoms with Crippen molar-refractivity contribution in [2.24, 2.45) is 4.99 Å². The second-order valence-electron chi connectivity index (χ2n) is 8.81. The highest BCUT2D eigenvalue weighted by atomic mass is 79.9. The van der Waals surface area contributed by atoms with Crippen LogP contribution in [0.1, 0.15) is 36.6 Å². The third-order valence-electron chi connectivity index (χ3n) is 6.33. The monoisotopic (exact) mass is 618 g/mol. The first-order chi connectivity index (χ1) is 19.5. The molecule has 7 nitrogen and oxygen atoms in total. The standard InChI is InChI=1S/C31H27BrN2O5S/c1-4-38-28-22(32)16-19(17-23(28)37-3)18-24-29(35)34-27(21-14-10-7-11-15-21)25(30(36)39-5-2)26(33-31(34)40-24)20-12-8-6-9-13-20/h6-18,27H,4-5H2,1-3H3/b24-18-/t27-/m1/s1. The van der Waals surface area contributed by atoms with Gasteiger partial charge in [0.1, 0.15) is 0 Å². The number of fused-ring (bicyclic) bond motifs is 1. The highest BCUT2D eigenvalue weighted by Crippen LogP contribution is 2.37. The number of hydrogen-bond acceptors (Lipinski definition) is 7. The molecule has 0 aliphatic carbocycles. The number of esters is 1. The summed E-state index contributed by atoms with van der Waals surface area (Å²) in [6, 6.07) is 22.0. The van der Waals surface area contributed by atoms with Gasteiger partial charge in [0, 0.05) is 5.56 Å². The lowest BCUT2D eigenvalue weighted by Crippen LogP contribution is -2.39. The molecule has 1 aliphatic rings. The van der Waals surface area contributed by atoms with Gasteiger partial charge in [-0.05, 0) is 59.1 Å². The number of carbonyl (C=O) groups is 1. The first-order valence-electron chi connectivity index (χ1n) is 12.8. The maximum absolute atomic E-state index is 14.0. The molecule has 3 aromatic carbocycles. The van der Waals surface area contributed by atoms with Crippen molar-refractivity contribution in [1.82, 2.24) is 4.57 Å². The molecule has 0 fully saturated rings. The fourth-order valence-electron chi connectivity index (χ4n) is 4.65. The lowest BCUT2D eigenvalue weighted by atomic mass is 9.93. The molecular weight excluding hydrogens is 592 g/mol. The summed E-state index contributed by atoms with van der Waals surface area (Å²) < 4.78 is 19.5. The molecular formula is C31H27BrN2O5S. The van der Waals surface area contributed by atoms with Crippen molar-refractivity contribution in [3.8, 4) is 11.5 Å². The lowest BCUT2D eigenvalue weighted by Gasteiger charge is -2.25. The topological polar surface area (TPSA) is 79.1 Å². The molecule has 0 saturated carbocycles. The third kappa shape index (κ3) is 5.26. The van der Waals surface area contributed by atoms with Crippen LogP contribution in [-0.4, -0.2) is 30.9 Å². The van der Waals surface area contributed by atoms with Crippen LogP contribution in [0.25, 0.3) is 11.8 Å². The van der Waals surface area contributed by atoms with E-state index in [4.69, 9.17) is 19.2 Å². The van der Waals surface area contributed by atoms with Gasteiger partial charge in [-0.15, -0.1) is 0 Å². The van der Waals surface area contributed by atoms with Crippen molar-refractivity contribution in [2.75, 3.05) is 20.3 Å². The molecule has 1 aliphatic heterocycles. The van der Waals surface area contributed by atoms with Crippen LogP contribution < -0.4 is 24.4 Å². The smallest absolute Gasteiger partial charge is 0.338 e. The maximum Gasteiger partial charge on any atom is 0.338 e. The van der Waals surface area contributed by atoms with E-state index in [9.17, 15) is 9.59 Å². The molecule has 2 heterocycles. The molecule has 0 spiro atoms. The quantitative estimate of drug-likeness (QED) is 0.257. The number of methoxy groups -OCH3 is 1. The Labute approximate surface area is 243 Å². The van der Waals surface area contributed by atoms with E-state index in [0.717, 1.165) is 16.7 Å². The average molecular weight is 620 g/mol. The second-order valence-corrected chi connectivity index (χ2v) is 10.7. The van der Waals surface area contributed by atoms with Gasteiger partial charge in [0.2, 0.25) is 0 Å². The molecule has 4 aromatic rings. The zero-order valence-electron chi connectivity index (χ0n) is 22.2. The Morgan fingerprint density at radius 2 is 1.75 bits per heavy atom. The zero-order valence-corrected chi connectivity index (χ0v) is 24.6. The second kappa shape index (κ2) is 12.1. The molecule has 0 saturated heterocycles. The van der Waals surface area contributed by atoms with Crippen LogP contribution in [0.4, 0.5) is 0 Å². The van der Waals surface area contributed by atoms with E-state index in [-0.39, 0.29) is 12.2 Å². The number of carbonyl (C=O) groups excluding carboxylic acids is 1. The van der Waals surface area contributed by atoms with Crippen LogP contribution >= 0.6 is 27.3 Å². The van der Waals surface area contributed by atoms with E-state index >= 15 is 0 Å². The highest BCUT2D eigenvalue weighted by molar-refractivity contribution is 9.10.